The van der Waals surface area contributed by atoms with Crippen molar-refractivity contribution in [3.05, 3.63) is 120 Å². The number of imidazole rings is 1. The van der Waals surface area contributed by atoms with Gasteiger partial charge < -0.3 is 10.7 Å². The maximum atomic E-state index is 5.97. The topological polar surface area (TPSA) is 54.7 Å². The summed E-state index contributed by atoms with van der Waals surface area (Å²) in [5, 5.41) is 0. The summed E-state index contributed by atoms with van der Waals surface area (Å²) >= 11 is 0. The Labute approximate surface area is 147 Å². The SMILES string of the molecule is Nc1c[nH]c(C(c2ccccc2)(c2ccccc2)c2ccccc2)n1. The van der Waals surface area contributed by atoms with E-state index in [2.05, 4.69) is 82.8 Å². The molecule has 4 aromatic rings. The monoisotopic (exact) mass is 325 g/mol. The van der Waals surface area contributed by atoms with Gasteiger partial charge in [-0.25, -0.2) is 4.98 Å². The lowest BCUT2D eigenvalue weighted by atomic mass is 9.69. The van der Waals surface area contributed by atoms with Crippen molar-refractivity contribution in [1.29, 1.82) is 0 Å². The van der Waals surface area contributed by atoms with Gasteiger partial charge in [0.25, 0.3) is 0 Å². The normalized spacial score (nSPS) is 11.4. The van der Waals surface area contributed by atoms with Crippen molar-refractivity contribution in [2.24, 2.45) is 0 Å². The Morgan fingerprint density at radius 2 is 1.04 bits per heavy atom. The Balaban J connectivity index is 2.12. The summed E-state index contributed by atoms with van der Waals surface area (Å²) in [7, 11) is 0. The summed E-state index contributed by atoms with van der Waals surface area (Å²) in [5.74, 6) is 1.30. The van der Waals surface area contributed by atoms with Crippen LogP contribution in [0.2, 0.25) is 0 Å². The van der Waals surface area contributed by atoms with Gasteiger partial charge >= 0.3 is 0 Å². The van der Waals surface area contributed by atoms with Gasteiger partial charge in [-0.1, -0.05) is 91.0 Å². The van der Waals surface area contributed by atoms with E-state index >= 15 is 0 Å². The number of nitrogen functional groups attached to an aromatic ring is 1. The van der Waals surface area contributed by atoms with Crippen LogP contribution in [-0.2, 0) is 5.41 Å². The number of nitrogens with two attached hydrogens (primary N) is 1. The summed E-state index contributed by atoms with van der Waals surface area (Å²) in [4.78, 5) is 7.94. The summed E-state index contributed by atoms with van der Waals surface area (Å²) in [6.45, 7) is 0. The van der Waals surface area contributed by atoms with E-state index in [1.165, 1.54) is 0 Å². The lowest BCUT2D eigenvalue weighted by Crippen LogP contribution is -2.32. The number of benzene rings is 3. The van der Waals surface area contributed by atoms with E-state index < -0.39 is 5.41 Å². The van der Waals surface area contributed by atoms with Crippen LogP contribution < -0.4 is 5.73 Å². The summed E-state index contributed by atoms with van der Waals surface area (Å²) in [6, 6.07) is 31.3. The quantitative estimate of drug-likeness (QED) is 0.547. The number of H-pyrrole nitrogens is 1. The van der Waals surface area contributed by atoms with Crippen LogP contribution in [-0.4, -0.2) is 9.97 Å². The molecule has 3 heteroatoms. The van der Waals surface area contributed by atoms with Crippen LogP contribution in [0.25, 0.3) is 0 Å². The predicted octanol–water partition coefficient (Wildman–Crippen LogP) is 4.37. The molecule has 1 heterocycles. The number of nitrogens with zero attached hydrogens (tertiary/aromatic N) is 1. The minimum atomic E-state index is -0.554. The molecule has 0 saturated heterocycles. The van der Waals surface area contributed by atoms with E-state index in [9.17, 15) is 0 Å². The molecule has 1 aromatic heterocycles. The number of aromatic amines is 1. The highest BCUT2D eigenvalue weighted by Crippen LogP contribution is 2.43. The van der Waals surface area contributed by atoms with E-state index in [-0.39, 0.29) is 0 Å². The van der Waals surface area contributed by atoms with Crippen LogP contribution >= 0.6 is 0 Å². The molecule has 0 bridgehead atoms. The van der Waals surface area contributed by atoms with Gasteiger partial charge in [-0.15, -0.1) is 0 Å². The van der Waals surface area contributed by atoms with Gasteiger partial charge in [-0.3, -0.25) is 0 Å². The number of hydrogen-bond acceptors (Lipinski definition) is 2. The number of aromatic nitrogens is 2. The Morgan fingerprint density at radius 1 is 0.640 bits per heavy atom. The fraction of sp³-hybridized carbons (Fsp3) is 0.0455. The zero-order chi connectivity index (χ0) is 17.1. The molecule has 3 N–H and O–H groups in total. The number of anilines is 1. The molecule has 0 atom stereocenters. The molecule has 0 fully saturated rings. The summed E-state index contributed by atoms with van der Waals surface area (Å²) in [6.07, 6.45) is 1.75. The maximum Gasteiger partial charge on any atom is 0.141 e. The van der Waals surface area contributed by atoms with Crippen LogP contribution in [0.4, 0.5) is 5.82 Å². The standard InChI is InChI=1S/C22H19N3/c23-20-16-24-21(25-20)22(17-10-4-1-5-11-17,18-12-6-2-7-13-18)19-14-8-3-9-15-19/h1-16H,23H2,(H,24,25). The van der Waals surface area contributed by atoms with E-state index in [0.717, 1.165) is 22.5 Å². The van der Waals surface area contributed by atoms with Crippen molar-refractivity contribution in [3.63, 3.8) is 0 Å². The number of nitrogens with one attached hydrogen (secondary N) is 1. The van der Waals surface area contributed by atoms with E-state index in [4.69, 9.17) is 5.73 Å². The van der Waals surface area contributed by atoms with Crippen molar-refractivity contribution < 1.29 is 0 Å². The highest BCUT2D eigenvalue weighted by atomic mass is 15.0. The molecule has 0 aliphatic carbocycles. The average molecular weight is 325 g/mol. The van der Waals surface area contributed by atoms with Crippen molar-refractivity contribution >= 4 is 5.82 Å². The second-order valence-electron chi connectivity index (χ2n) is 6.02. The van der Waals surface area contributed by atoms with Crippen LogP contribution in [0, 0.1) is 0 Å². The Bertz CT molecular complexity index is 848. The van der Waals surface area contributed by atoms with Crippen LogP contribution in [0.3, 0.4) is 0 Å². The largest absolute Gasteiger partial charge is 0.382 e. The maximum absolute atomic E-state index is 5.97. The molecule has 3 aromatic carbocycles. The highest BCUT2D eigenvalue weighted by molar-refractivity contribution is 5.57. The molecular formula is C22H19N3. The smallest absolute Gasteiger partial charge is 0.141 e. The highest BCUT2D eigenvalue weighted by Gasteiger charge is 2.40. The molecule has 0 saturated carbocycles. The van der Waals surface area contributed by atoms with Crippen LogP contribution in [0.1, 0.15) is 22.5 Å². The Hall–Kier alpha value is -3.33. The van der Waals surface area contributed by atoms with E-state index in [0.29, 0.717) is 5.82 Å². The average Bonchev–Trinajstić information content (AvgIpc) is 3.12. The molecule has 4 rings (SSSR count). The molecule has 0 spiro atoms. The van der Waals surface area contributed by atoms with Gasteiger partial charge in [0.1, 0.15) is 17.1 Å². The lowest BCUT2D eigenvalue weighted by molar-refractivity contribution is 0.693. The lowest BCUT2D eigenvalue weighted by Gasteiger charge is -2.34. The van der Waals surface area contributed by atoms with Gasteiger partial charge in [0.05, 0.1) is 0 Å². The number of rotatable bonds is 4. The third-order valence-corrected chi connectivity index (χ3v) is 4.57. The molecule has 0 aliphatic heterocycles. The minimum Gasteiger partial charge on any atom is -0.382 e. The second kappa shape index (κ2) is 6.29. The first-order valence-electron chi connectivity index (χ1n) is 8.30. The molecule has 0 amide bonds. The molecular weight excluding hydrogens is 306 g/mol. The van der Waals surface area contributed by atoms with Gasteiger partial charge in [0, 0.05) is 6.20 Å². The first-order chi connectivity index (χ1) is 12.3. The third-order valence-electron chi connectivity index (χ3n) is 4.57. The van der Waals surface area contributed by atoms with Gasteiger partial charge in [0.15, 0.2) is 0 Å². The predicted molar refractivity (Wildman–Crippen MR) is 101 cm³/mol. The molecule has 0 unspecified atom stereocenters. The molecule has 25 heavy (non-hydrogen) atoms. The van der Waals surface area contributed by atoms with Gasteiger partial charge in [0.2, 0.25) is 0 Å². The fourth-order valence-electron chi connectivity index (χ4n) is 3.50. The first kappa shape index (κ1) is 15.2. The first-order valence-corrected chi connectivity index (χ1v) is 8.30. The summed E-state index contributed by atoms with van der Waals surface area (Å²) in [5.41, 5.74) is 8.83. The molecule has 0 radical (unpaired) electrons. The van der Waals surface area contributed by atoms with Crippen molar-refractivity contribution in [1.82, 2.24) is 9.97 Å². The van der Waals surface area contributed by atoms with Crippen molar-refractivity contribution in [3.8, 4) is 0 Å². The van der Waals surface area contributed by atoms with Crippen molar-refractivity contribution in [2.75, 3.05) is 5.73 Å². The van der Waals surface area contributed by atoms with Crippen LogP contribution in [0.5, 0.6) is 0 Å². The fourth-order valence-corrected chi connectivity index (χ4v) is 3.50. The van der Waals surface area contributed by atoms with Crippen molar-refractivity contribution in [2.45, 2.75) is 5.41 Å². The Morgan fingerprint density at radius 3 is 1.36 bits per heavy atom. The molecule has 3 nitrogen and oxygen atoms in total. The zero-order valence-corrected chi connectivity index (χ0v) is 13.8. The Kier molecular flexibility index (Phi) is 3.82. The second-order valence-corrected chi connectivity index (χ2v) is 6.02. The van der Waals surface area contributed by atoms with Gasteiger partial charge in [-0.05, 0) is 16.7 Å². The molecule has 0 aliphatic rings. The molecule has 122 valence electrons. The summed E-state index contributed by atoms with van der Waals surface area (Å²) < 4.78 is 0. The third kappa shape index (κ3) is 2.50. The van der Waals surface area contributed by atoms with Crippen LogP contribution in [0.15, 0.2) is 97.2 Å². The zero-order valence-electron chi connectivity index (χ0n) is 13.8. The van der Waals surface area contributed by atoms with E-state index in [1.54, 1.807) is 6.20 Å². The van der Waals surface area contributed by atoms with E-state index in [1.807, 2.05) is 18.2 Å². The number of hydrogen-bond donors (Lipinski definition) is 2. The minimum absolute atomic E-state index is 0.488. The van der Waals surface area contributed by atoms with Gasteiger partial charge in [-0.2, -0.15) is 0 Å².